The number of rotatable bonds is 6. The van der Waals surface area contributed by atoms with Crippen molar-refractivity contribution in [3.63, 3.8) is 0 Å². The number of carbonyl (C=O) groups is 1. The molecular weight excluding hydrogens is 332 g/mol. The molecule has 1 N–H and O–H groups in total. The monoisotopic (exact) mass is 354 g/mol. The van der Waals surface area contributed by atoms with E-state index in [-0.39, 0.29) is 11.5 Å². The Morgan fingerprint density at radius 3 is 2.80 bits per heavy atom. The number of nitrogens with one attached hydrogen (secondary N) is 1. The van der Waals surface area contributed by atoms with Crippen molar-refractivity contribution < 1.29 is 4.79 Å². The van der Waals surface area contributed by atoms with E-state index in [0.29, 0.717) is 24.2 Å². The van der Waals surface area contributed by atoms with Crippen LogP contribution in [0.5, 0.6) is 0 Å². The van der Waals surface area contributed by atoms with Gasteiger partial charge in [0, 0.05) is 16.8 Å². The van der Waals surface area contributed by atoms with Gasteiger partial charge >= 0.3 is 0 Å². The van der Waals surface area contributed by atoms with Crippen LogP contribution in [0, 0.1) is 6.92 Å². The molecule has 0 saturated carbocycles. The first kappa shape index (κ1) is 17.4. The molecule has 0 aliphatic heterocycles. The summed E-state index contributed by atoms with van der Waals surface area (Å²) >= 11 is 1.60. The molecule has 0 atom stereocenters. The number of pyridine rings is 1. The van der Waals surface area contributed by atoms with Gasteiger partial charge in [0.25, 0.3) is 11.5 Å². The summed E-state index contributed by atoms with van der Waals surface area (Å²) in [5, 5.41) is 6.40. The summed E-state index contributed by atoms with van der Waals surface area (Å²) in [6, 6.07) is 11.5. The first-order chi connectivity index (χ1) is 12.1. The van der Waals surface area contributed by atoms with E-state index in [9.17, 15) is 9.59 Å². The first-order valence-electron chi connectivity index (χ1n) is 8.55. The zero-order chi connectivity index (χ0) is 17.8. The quantitative estimate of drug-likeness (QED) is 0.724. The highest BCUT2D eigenvalue weighted by Crippen LogP contribution is 2.16. The average Bonchev–Trinajstić information content (AvgIpc) is 3.13. The van der Waals surface area contributed by atoms with Crippen LogP contribution in [-0.2, 0) is 13.1 Å². The molecule has 4 nitrogen and oxygen atoms in total. The highest BCUT2D eigenvalue weighted by Gasteiger charge is 2.15. The van der Waals surface area contributed by atoms with Crippen LogP contribution in [0.4, 0.5) is 0 Å². The van der Waals surface area contributed by atoms with Gasteiger partial charge in [-0.1, -0.05) is 37.1 Å². The topological polar surface area (TPSA) is 51.1 Å². The van der Waals surface area contributed by atoms with Crippen LogP contribution in [0.1, 0.15) is 40.7 Å². The molecule has 25 heavy (non-hydrogen) atoms. The second-order valence-electron chi connectivity index (χ2n) is 6.19. The maximum Gasteiger partial charge on any atom is 0.268 e. The van der Waals surface area contributed by atoms with Gasteiger partial charge in [0.15, 0.2) is 0 Å². The number of nitrogens with zero attached hydrogens (tertiary/aromatic N) is 1. The lowest BCUT2D eigenvalue weighted by atomic mass is 10.1. The standard InChI is InChI=1S/C20H22N2O2S/c1-3-4-9-22-18(19(23)21-13-16-6-5-10-25-16)12-15-8-7-14(2)11-17(15)20(22)24/h5-8,10-12H,3-4,9,13H2,1-2H3,(H,21,23). The van der Waals surface area contributed by atoms with E-state index >= 15 is 0 Å². The van der Waals surface area contributed by atoms with Gasteiger partial charge < -0.3 is 9.88 Å². The second kappa shape index (κ2) is 7.66. The molecule has 130 valence electrons. The third kappa shape index (κ3) is 3.82. The summed E-state index contributed by atoms with van der Waals surface area (Å²) in [5.41, 5.74) is 1.39. The highest BCUT2D eigenvalue weighted by atomic mass is 32.1. The molecular formula is C20H22N2O2S. The van der Waals surface area contributed by atoms with E-state index in [4.69, 9.17) is 0 Å². The fraction of sp³-hybridized carbons (Fsp3) is 0.300. The number of benzene rings is 1. The van der Waals surface area contributed by atoms with Crippen LogP contribution < -0.4 is 10.9 Å². The molecule has 0 spiro atoms. The predicted molar refractivity (Wildman–Crippen MR) is 103 cm³/mol. The molecule has 0 fully saturated rings. The SMILES string of the molecule is CCCCn1c(C(=O)NCc2cccs2)cc2ccc(C)cc2c1=O. The Balaban J connectivity index is 2.00. The van der Waals surface area contributed by atoms with Crippen molar-refractivity contribution in [3.8, 4) is 0 Å². The lowest BCUT2D eigenvalue weighted by Gasteiger charge is -2.14. The minimum atomic E-state index is -0.205. The van der Waals surface area contributed by atoms with Gasteiger partial charge in [0.05, 0.1) is 6.54 Å². The fourth-order valence-electron chi connectivity index (χ4n) is 2.86. The number of hydrogen-bond acceptors (Lipinski definition) is 3. The van der Waals surface area contributed by atoms with Crippen molar-refractivity contribution in [2.75, 3.05) is 0 Å². The molecule has 1 amide bonds. The second-order valence-corrected chi connectivity index (χ2v) is 7.22. The van der Waals surface area contributed by atoms with Gasteiger partial charge in [-0.2, -0.15) is 0 Å². The molecule has 1 aromatic carbocycles. The molecule has 0 aliphatic rings. The summed E-state index contributed by atoms with van der Waals surface area (Å²) in [7, 11) is 0. The molecule has 3 rings (SSSR count). The van der Waals surface area contributed by atoms with E-state index in [1.54, 1.807) is 15.9 Å². The Labute approximate surface area is 151 Å². The van der Waals surface area contributed by atoms with Crippen LogP contribution in [0.2, 0.25) is 0 Å². The number of aryl methyl sites for hydroxylation is 1. The van der Waals surface area contributed by atoms with Crippen molar-refractivity contribution in [1.29, 1.82) is 0 Å². The zero-order valence-electron chi connectivity index (χ0n) is 14.5. The van der Waals surface area contributed by atoms with Crippen molar-refractivity contribution in [1.82, 2.24) is 9.88 Å². The van der Waals surface area contributed by atoms with E-state index < -0.39 is 0 Å². The van der Waals surface area contributed by atoms with Crippen molar-refractivity contribution in [3.05, 3.63) is 68.3 Å². The molecule has 0 bridgehead atoms. The molecule has 3 aromatic rings. The van der Waals surface area contributed by atoms with Gasteiger partial charge in [-0.15, -0.1) is 11.3 Å². The van der Waals surface area contributed by atoms with E-state index in [1.807, 2.05) is 48.7 Å². The number of carbonyl (C=O) groups excluding carboxylic acids is 1. The van der Waals surface area contributed by atoms with Crippen LogP contribution >= 0.6 is 11.3 Å². The third-order valence-corrected chi connectivity index (χ3v) is 5.11. The summed E-state index contributed by atoms with van der Waals surface area (Å²) in [5.74, 6) is -0.205. The Morgan fingerprint density at radius 1 is 1.24 bits per heavy atom. The van der Waals surface area contributed by atoms with Gasteiger partial charge in [0.1, 0.15) is 5.69 Å². The summed E-state index contributed by atoms with van der Waals surface area (Å²) < 4.78 is 1.62. The van der Waals surface area contributed by atoms with E-state index in [1.165, 1.54) is 0 Å². The van der Waals surface area contributed by atoms with Crippen molar-refractivity contribution in [2.24, 2.45) is 0 Å². The Morgan fingerprint density at radius 2 is 2.08 bits per heavy atom. The summed E-state index contributed by atoms with van der Waals surface area (Å²) in [6.45, 7) is 5.08. The van der Waals surface area contributed by atoms with Crippen molar-refractivity contribution >= 4 is 28.0 Å². The third-order valence-electron chi connectivity index (χ3n) is 4.24. The van der Waals surface area contributed by atoms with E-state index in [2.05, 4.69) is 12.2 Å². The van der Waals surface area contributed by atoms with E-state index in [0.717, 1.165) is 28.7 Å². The van der Waals surface area contributed by atoms with Gasteiger partial charge in [-0.3, -0.25) is 9.59 Å². The maximum absolute atomic E-state index is 12.9. The lowest BCUT2D eigenvalue weighted by molar-refractivity contribution is 0.0940. The Bertz CT molecular complexity index is 942. The van der Waals surface area contributed by atoms with Crippen LogP contribution in [0.3, 0.4) is 0 Å². The molecule has 0 aliphatic carbocycles. The minimum absolute atomic E-state index is 0.0871. The number of fused-ring (bicyclic) bond motifs is 1. The predicted octanol–water partition coefficient (Wildman–Crippen LogP) is 4.10. The van der Waals surface area contributed by atoms with Crippen LogP contribution in [0.25, 0.3) is 10.8 Å². The van der Waals surface area contributed by atoms with Crippen molar-refractivity contribution in [2.45, 2.75) is 39.8 Å². The molecule has 0 saturated heterocycles. The van der Waals surface area contributed by atoms with Gasteiger partial charge in [-0.05, 0) is 42.3 Å². The number of hydrogen-bond donors (Lipinski definition) is 1. The minimum Gasteiger partial charge on any atom is -0.346 e. The highest BCUT2D eigenvalue weighted by molar-refractivity contribution is 7.09. The maximum atomic E-state index is 12.9. The molecule has 2 aromatic heterocycles. The molecule has 5 heteroatoms. The average molecular weight is 354 g/mol. The Hall–Kier alpha value is -2.40. The number of aromatic nitrogens is 1. The van der Waals surface area contributed by atoms with Crippen LogP contribution in [-0.4, -0.2) is 10.5 Å². The number of unbranched alkanes of at least 4 members (excludes halogenated alkanes) is 1. The summed E-state index contributed by atoms with van der Waals surface area (Å²) in [4.78, 5) is 26.7. The van der Waals surface area contributed by atoms with Gasteiger partial charge in [0.2, 0.25) is 0 Å². The smallest absolute Gasteiger partial charge is 0.268 e. The zero-order valence-corrected chi connectivity index (χ0v) is 15.4. The summed E-state index contributed by atoms with van der Waals surface area (Å²) in [6.07, 6.45) is 1.83. The molecule has 2 heterocycles. The lowest BCUT2D eigenvalue weighted by Crippen LogP contribution is -2.32. The molecule has 0 radical (unpaired) electrons. The van der Waals surface area contributed by atoms with Crippen LogP contribution in [0.15, 0.2) is 46.6 Å². The van der Waals surface area contributed by atoms with Gasteiger partial charge in [-0.25, -0.2) is 0 Å². The number of amides is 1. The Kier molecular flexibility index (Phi) is 5.34. The first-order valence-corrected chi connectivity index (χ1v) is 9.43. The fourth-order valence-corrected chi connectivity index (χ4v) is 3.50. The molecule has 0 unspecified atom stereocenters. The largest absolute Gasteiger partial charge is 0.346 e. The normalized spacial score (nSPS) is 11.0. The number of thiophene rings is 1.